The lowest BCUT2D eigenvalue weighted by atomic mass is 10.1. The minimum atomic E-state index is -0.558. The average molecular weight is 354 g/mol. The van der Waals surface area contributed by atoms with Crippen LogP contribution in [-0.4, -0.2) is 10.8 Å². The molecule has 0 bridgehead atoms. The van der Waals surface area contributed by atoms with Gasteiger partial charge in [0.15, 0.2) is 5.78 Å². The van der Waals surface area contributed by atoms with Crippen molar-refractivity contribution < 1.29 is 18.3 Å². The second-order valence-corrected chi connectivity index (χ2v) is 5.63. The van der Waals surface area contributed by atoms with Crippen molar-refractivity contribution in [2.45, 2.75) is 13.5 Å². The second kappa shape index (κ2) is 7.74. The van der Waals surface area contributed by atoms with Gasteiger partial charge in [0.1, 0.15) is 17.4 Å². The van der Waals surface area contributed by atoms with E-state index < -0.39 is 5.82 Å². The van der Waals surface area contributed by atoms with Gasteiger partial charge in [-0.3, -0.25) is 4.79 Å². The SMILES string of the molecule is CC(=O)c1c(F)cccc1NCc1ccnc(Oc2ccc(F)cc2)c1. The molecule has 0 saturated heterocycles. The molecule has 26 heavy (non-hydrogen) atoms. The Kier molecular flexibility index (Phi) is 5.22. The highest BCUT2D eigenvalue weighted by Gasteiger charge is 2.12. The van der Waals surface area contributed by atoms with Gasteiger partial charge in [0.2, 0.25) is 5.88 Å². The van der Waals surface area contributed by atoms with Crippen molar-refractivity contribution in [3.8, 4) is 11.6 Å². The van der Waals surface area contributed by atoms with Gasteiger partial charge in [0.05, 0.1) is 5.56 Å². The molecule has 0 spiro atoms. The van der Waals surface area contributed by atoms with E-state index in [4.69, 9.17) is 4.74 Å². The predicted octanol–water partition coefficient (Wildman–Crippen LogP) is 4.97. The zero-order chi connectivity index (χ0) is 18.5. The monoisotopic (exact) mass is 354 g/mol. The molecular formula is C20H16F2N2O2. The van der Waals surface area contributed by atoms with E-state index >= 15 is 0 Å². The summed E-state index contributed by atoms with van der Waals surface area (Å²) in [5.74, 6) is -0.437. The van der Waals surface area contributed by atoms with E-state index in [9.17, 15) is 13.6 Å². The largest absolute Gasteiger partial charge is 0.439 e. The normalized spacial score (nSPS) is 10.4. The van der Waals surface area contributed by atoms with Crippen molar-refractivity contribution >= 4 is 11.5 Å². The summed E-state index contributed by atoms with van der Waals surface area (Å²) >= 11 is 0. The van der Waals surface area contributed by atoms with Crippen LogP contribution in [0.3, 0.4) is 0 Å². The Morgan fingerprint density at radius 2 is 1.88 bits per heavy atom. The first-order valence-electron chi connectivity index (χ1n) is 7.94. The molecule has 0 unspecified atom stereocenters. The molecule has 6 heteroatoms. The summed E-state index contributed by atoms with van der Waals surface area (Å²) in [6.07, 6.45) is 1.58. The predicted molar refractivity (Wildman–Crippen MR) is 94.4 cm³/mol. The summed E-state index contributed by atoms with van der Waals surface area (Å²) in [4.78, 5) is 15.8. The highest BCUT2D eigenvalue weighted by atomic mass is 19.1. The molecule has 0 aliphatic heterocycles. The summed E-state index contributed by atoms with van der Waals surface area (Å²) in [5.41, 5.74) is 1.29. The molecule has 0 aliphatic carbocycles. The molecule has 2 aromatic carbocycles. The number of anilines is 1. The maximum absolute atomic E-state index is 13.8. The summed E-state index contributed by atoms with van der Waals surface area (Å²) < 4.78 is 32.4. The van der Waals surface area contributed by atoms with Gasteiger partial charge >= 0.3 is 0 Å². The first kappa shape index (κ1) is 17.5. The number of rotatable bonds is 6. The first-order chi connectivity index (χ1) is 12.5. The molecule has 0 aliphatic rings. The molecule has 1 aromatic heterocycles. The number of carbonyl (C=O) groups is 1. The van der Waals surface area contributed by atoms with Gasteiger partial charge in [-0.05, 0) is 55.0 Å². The number of pyridine rings is 1. The van der Waals surface area contributed by atoms with Crippen LogP contribution in [0.15, 0.2) is 60.8 Å². The van der Waals surface area contributed by atoms with Crippen LogP contribution in [0.2, 0.25) is 0 Å². The Morgan fingerprint density at radius 3 is 2.62 bits per heavy atom. The van der Waals surface area contributed by atoms with Gasteiger partial charge in [0.25, 0.3) is 0 Å². The molecule has 3 aromatic rings. The topological polar surface area (TPSA) is 51.2 Å². The summed E-state index contributed by atoms with van der Waals surface area (Å²) in [6, 6.07) is 13.5. The molecular weight excluding hydrogens is 338 g/mol. The number of ether oxygens (including phenoxy) is 1. The van der Waals surface area contributed by atoms with Crippen LogP contribution in [0.5, 0.6) is 11.6 Å². The number of aromatic nitrogens is 1. The number of hydrogen-bond donors (Lipinski definition) is 1. The zero-order valence-corrected chi connectivity index (χ0v) is 14.0. The molecule has 0 atom stereocenters. The minimum Gasteiger partial charge on any atom is -0.439 e. The van der Waals surface area contributed by atoms with E-state index in [0.717, 1.165) is 5.56 Å². The fourth-order valence-corrected chi connectivity index (χ4v) is 2.47. The number of carbonyl (C=O) groups excluding carboxylic acids is 1. The molecule has 3 rings (SSSR count). The highest BCUT2D eigenvalue weighted by molar-refractivity contribution is 5.99. The quantitative estimate of drug-likeness (QED) is 0.635. The van der Waals surface area contributed by atoms with Crippen molar-refractivity contribution in [2.24, 2.45) is 0 Å². The van der Waals surface area contributed by atoms with Crippen LogP contribution in [0, 0.1) is 11.6 Å². The van der Waals surface area contributed by atoms with Crippen LogP contribution in [0.4, 0.5) is 14.5 Å². The number of Topliss-reactive ketones (excluding diaryl/α,β-unsaturated/α-hetero) is 1. The van der Waals surface area contributed by atoms with Gasteiger partial charge in [-0.1, -0.05) is 6.07 Å². The first-order valence-corrected chi connectivity index (χ1v) is 7.94. The van der Waals surface area contributed by atoms with Gasteiger partial charge < -0.3 is 10.1 Å². The number of ketones is 1. The van der Waals surface area contributed by atoms with E-state index in [1.807, 2.05) is 0 Å². The van der Waals surface area contributed by atoms with Gasteiger partial charge in [0, 0.05) is 24.5 Å². The van der Waals surface area contributed by atoms with Crippen LogP contribution in [0.25, 0.3) is 0 Å². The van der Waals surface area contributed by atoms with E-state index in [-0.39, 0.29) is 17.2 Å². The maximum Gasteiger partial charge on any atom is 0.219 e. The fourth-order valence-electron chi connectivity index (χ4n) is 2.47. The summed E-state index contributed by atoms with van der Waals surface area (Å²) in [7, 11) is 0. The van der Waals surface area contributed by atoms with Crippen LogP contribution >= 0.6 is 0 Å². The van der Waals surface area contributed by atoms with Crippen molar-refractivity contribution in [3.05, 3.63) is 83.6 Å². The zero-order valence-electron chi connectivity index (χ0n) is 14.0. The number of halogens is 2. The average Bonchev–Trinajstić information content (AvgIpc) is 2.62. The third kappa shape index (κ3) is 4.22. The van der Waals surface area contributed by atoms with E-state index in [2.05, 4.69) is 10.3 Å². The van der Waals surface area contributed by atoms with Crippen molar-refractivity contribution in [2.75, 3.05) is 5.32 Å². The lowest BCUT2D eigenvalue weighted by molar-refractivity contribution is 0.101. The highest BCUT2D eigenvalue weighted by Crippen LogP contribution is 2.23. The van der Waals surface area contributed by atoms with E-state index in [0.29, 0.717) is 23.9 Å². The molecule has 0 radical (unpaired) electrons. The molecule has 0 fully saturated rings. The Labute approximate surface area is 149 Å². The molecule has 0 amide bonds. The third-order valence-corrected chi connectivity index (χ3v) is 3.68. The van der Waals surface area contributed by atoms with Crippen LogP contribution in [-0.2, 0) is 6.54 Å². The lowest BCUT2D eigenvalue weighted by Gasteiger charge is -2.12. The number of nitrogens with zero attached hydrogens (tertiary/aromatic N) is 1. The molecule has 1 heterocycles. The Hall–Kier alpha value is -3.28. The summed E-state index contributed by atoms with van der Waals surface area (Å²) in [6.45, 7) is 1.68. The maximum atomic E-state index is 13.8. The van der Waals surface area contributed by atoms with Crippen LogP contribution in [0.1, 0.15) is 22.8 Å². The molecule has 4 nitrogen and oxygen atoms in total. The number of hydrogen-bond acceptors (Lipinski definition) is 4. The van der Waals surface area contributed by atoms with Crippen molar-refractivity contribution in [1.82, 2.24) is 4.98 Å². The summed E-state index contributed by atoms with van der Waals surface area (Å²) in [5, 5.41) is 3.06. The molecule has 132 valence electrons. The standard InChI is InChI=1S/C20H16F2N2O2/c1-13(25)20-17(22)3-2-4-18(20)24-12-14-9-10-23-19(11-14)26-16-7-5-15(21)6-8-16/h2-11,24H,12H2,1H3. The van der Waals surface area contributed by atoms with Gasteiger partial charge in [-0.2, -0.15) is 0 Å². The Morgan fingerprint density at radius 1 is 1.12 bits per heavy atom. The second-order valence-electron chi connectivity index (χ2n) is 5.63. The van der Waals surface area contributed by atoms with E-state index in [1.54, 1.807) is 30.5 Å². The number of nitrogens with one attached hydrogen (secondary N) is 1. The smallest absolute Gasteiger partial charge is 0.219 e. The number of benzene rings is 2. The molecule has 0 saturated carbocycles. The Balaban J connectivity index is 1.73. The molecule has 1 N–H and O–H groups in total. The van der Waals surface area contributed by atoms with E-state index in [1.165, 1.54) is 37.3 Å². The van der Waals surface area contributed by atoms with Crippen molar-refractivity contribution in [3.63, 3.8) is 0 Å². The van der Waals surface area contributed by atoms with Gasteiger partial charge in [-0.25, -0.2) is 13.8 Å². The lowest BCUT2D eigenvalue weighted by Crippen LogP contribution is -2.07. The van der Waals surface area contributed by atoms with Crippen LogP contribution < -0.4 is 10.1 Å². The fraction of sp³-hybridized carbons (Fsp3) is 0.100. The van der Waals surface area contributed by atoms with Gasteiger partial charge in [-0.15, -0.1) is 0 Å². The third-order valence-electron chi connectivity index (χ3n) is 3.68. The van der Waals surface area contributed by atoms with Crippen molar-refractivity contribution in [1.29, 1.82) is 0 Å². The Bertz CT molecular complexity index is 927. The minimum absolute atomic E-state index is 0.0318.